The van der Waals surface area contributed by atoms with Crippen molar-refractivity contribution < 1.29 is 18.0 Å². The van der Waals surface area contributed by atoms with Gasteiger partial charge in [-0.2, -0.15) is 0 Å². The highest BCUT2D eigenvalue weighted by molar-refractivity contribution is 7.89. The van der Waals surface area contributed by atoms with Crippen molar-refractivity contribution in [3.05, 3.63) is 0 Å². The summed E-state index contributed by atoms with van der Waals surface area (Å²) in [6, 6.07) is 0.0390. The fourth-order valence-corrected chi connectivity index (χ4v) is 7.17. The average Bonchev–Trinajstić information content (AvgIpc) is 2.66. The van der Waals surface area contributed by atoms with Crippen LogP contribution < -0.4 is 15.4 Å². The lowest BCUT2D eigenvalue weighted by Crippen LogP contribution is -2.61. The molecule has 0 spiro atoms. The maximum Gasteiger partial charge on any atom is 0.315 e. The van der Waals surface area contributed by atoms with Crippen LogP contribution in [0.4, 0.5) is 4.79 Å². The quantitative estimate of drug-likeness (QED) is 0.331. The molecule has 4 bridgehead atoms. The molecule has 8 heteroatoms. The molecule has 0 unspecified atom stereocenters. The van der Waals surface area contributed by atoms with Crippen LogP contribution in [0.2, 0.25) is 0 Å². The highest BCUT2D eigenvalue weighted by Gasteiger charge is 2.51. The second-order valence-electron chi connectivity index (χ2n) is 10.8. The van der Waals surface area contributed by atoms with Gasteiger partial charge in [-0.3, -0.25) is 9.52 Å². The van der Waals surface area contributed by atoms with E-state index in [2.05, 4.69) is 10.6 Å². The monoisotopic (exact) mass is 469 g/mol. The number of hydrogen-bond acceptors (Lipinski definition) is 4. The Morgan fingerprint density at radius 3 is 1.75 bits per heavy atom. The molecule has 0 heterocycles. The minimum absolute atomic E-state index is 0.0390. The van der Waals surface area contributed by atoms with Crippen molar-refractivity contribution in [1.29, 1.82) is 0 Å². The van der Waals surface area contributed by atoms with Crippen LogP contribution in [0.15, 0.2) is 0 Å². The second kappa shape index (κ2) is 11.7. The first-order chi connectivity index (χ1) is 15.2. The van der Waals surface area contributed by atoms with E-state index in [1.54, 1.807) is 0 Å². The largest absolute Gasteiger partial charge is 0.338 e. The fraction of sp³-hybridized carbons (Fsp3) is 0.917. The molecule has 4 aliphatic rings. The maximum atomic E-state index is 12.4. The molecule has 4 fully saturated rings. The molecule has 0 aromatic carbocycles. The minimum Gasteiger partial charge on any atom is -0.338 e. The fourth-order valence-electron chi connectivity index (χ4n) is 6.66. The zero-order valence-corrected chi connectivity index (χ0v) is 20.6. The Morgan fingerprint density at radius 2 is 1.25 bits per heavy atom. The van der Waals surface area contributed by atoms with Gasteiger partial charge in [0.2, 0.25) is 15.9 Å². The predicted octanol–water partition coefficient (Wildman–Crippen LogP) is 4.23. The summed E-state index contributed by atoms with van der Waals surface area (Å²) in [4.78, 5) is 23.8. The van der Waals surface area contributed by atoms with Crippen LogP contribution in [0.1, 0.15) is 103 Å². The summed E-state index contributed by atoms with van der Waals surface area (Å²) < 4.78 is 23.9. The molecule has 4 rings (SSSR count). The Bertz CT molecular complexity index is 702. The van der Waals surface area contributed by atoms with Crippen LogP contribution in [-0.2, 0) is 14.8 Å². The Morgan fingerprint density at radius 1 is 0.781 bits per heavy atom. The lowest BCUT2D eigenvalue weighted by atomic mass is 9.53. The minimum atomic E-state index is -3.43. The molecule has 0 radical (unpaired) electrons. The molecule has 7 nitrogen and oxygen atoms in total. The molecular formula is C24H43N3O4S. The van der Waals surface area contributed by atoms with E-state index in [0.29, 0.717) is 0 Å². The van der Waals surface area contributed by atoms with Gasteiger partial charge >= 0.3 is 6.03 Å². The van der Waals surface area contributed by atoms with E-state index in [-0.39, 0.29) is 18.0 Å². The zero-order chi connectivity index (χ0) is 23.0. The Balaban J connectivity index is 1.11. The second-order valence-corrected chi connectivity index (χ2v) is 12.6. The molecule has 4 saturated carbocycles. The molecular weight excluding hydrogens is 426 g/mol. The molecule has 0 aromatic rings. The molecule has 184 valence electrons. The summed E-state index contributed by atoms with van der Waals surface area (Å²) in [5, 5.41) is 6.46. The van der Waals surface area contributed by atoms with Crippen LogP contribution in [0.25, 0.3) is 0 Å². The molecule has 4 aliphatic carbocycles. The van der Waals surface area contributed by atoms with E-state index in [0.717, 1.165) is 69.1 Å². The number of nitrogens with one attached hydrogen (secondary N) is 3. The third kappa shape index (κ3) is 8.56. The summed E-state index contributed by atoms with van der Waals surface area (Å²) in [5.74, 6) is 2.13. The number of sulfonamides is 1. The number of amides is 3. The Kier molecular flexibility index (Phi) is 9.26. The van der Waals surface area contributed by atoms with Crippen LogP contribution in [0.5, 0.6) is 0 Å². The van der Waals surface area contributed by atoms with Crippen molar-refractivity contribution in [1.82, 2.24) is 15.4 Å². The predicted molar refractivity (Wildman–Crippen MR) is 127 cm³/mol. The average molecular weight is 470 g/mol. The zero-order valence-electron chi connectivity index (χ0n) is 19.8. The first-order valence-corrected chi connectivity index (χ1v) is 14.7. The van der Waals surface area contributed by atoms with Crippen LogP contribution >= 0.6 is 0 Å². The van der Waals surface area contributed by atoms with Gasteiger partial charge in [0.15, 0.2) is 0 Å². The van der Waals surface area contributed by atoms with E-state index in [1.165, 1.54) is 57.8 Å². The number of urea groups is 1. The third-order valence-electron chi connectivity index (χ3n) is 7.58. The number of unbranched alkanes of at least 4 members (excludes halogenated alkanes) is 8. The van der Waals surface area contributed by atoms with Gasteiger partial charge in [0.1, 0.15) is 0 Å². The lowest BCUT2D eigenvalue weighted by Gasteiger charge is -2.56. The van der Waals surface area contributed by atoms with Crippen molar-refractivity contribution in [2.45, 2.75) is 108 Å². The van der Waals surface area contributed by atoms with E-state index in [9.17, 15) is 18.0 Å². The van der Waals surface area contributed by atoms with Crippen molar-refractivity contribution in [3.8, 4) is 0 Å². The summed E-state index contributed by atoms with van der Waals surface area (Å²) in [6.45, 7) is 0.758. The molecule has 0 aliphatic heterocycles. The Hall–Kier alpha value is -1.31. The van der Waals surface area contributed by atoms with Gasteiger partial charge in [0.25, 0.3) is 0 Å². The van der Waals surface area contributed by atoms with E-state index in [1.807, 2.05) is 4.72 Å². The standard InChI is InChI=1S/C24H43N3O4S/c1-32(30,31)27-22(28)11-9-7-5-3-2-4-6-8-10-12-25-23(29)26-24-16-19-13-20(17-24)15-21(14-19)18-24/h19-21H,2-18H2,1H3,(H,27,28)(H2,25,26,29). The van der Waals surface area contributed by atoms with Gasteiger partial charge in [-0.05, 0) is 69.1 Å². The number of carbonyl (C=O) groups is 2. The summed E-state index contributed by atoms with van der Waals surface area (Å²) in [5.41, 5.74) is 0.0936. The van der Waals surface area contributed by atoms with Gasteiger partial charge in [-0.15, -0.1) is 0 Å². The van der Waals surface area contributed by atoms with Gasteiger partial charge in [0.05, 0.1) is 6.26 Å². The highest BCUT2D eigenvalue weighted by atomic mass is 32.2. The van der Waals surface area contributed by atoms with E-state index >= 15 is 0 Å². The maximum absolute atomic E-state index is 12.4. The van der Waals surface area contributed by atoms with E-state index in [4.69, 9.17) is 0 Å². The van der Waals surface area contributed by atoms with Crippen molar-refractivity contribution >= 4 is 22.0 Å². The first kappa shape index (κ1) is 25.3. The summed E-state index contributed by atoms with van der Waals surface area (Å²) in [7, 11) is -3.43. The van der Waals surface area contributed by atoms with Crippen molar-refractivity contribution in [3.63, 3.8) is 0 Å². The van der Waals surface area contributed by atoms with Crippen molar-refractivity contribution in [2.75, 3.05) is 12.8 Å². The van der Waals surface area contributed by atoms with E-state index < -0.39 is 15.9 Å². The normalized spacial score (nSPS) is 28.5. The van der Waals surface area contributed by atoms with Gasteiger partial charge < -0.3 is 10.6 Å². The number of carbonyl (C=O) groups excluding carboxylic acids is 2. The van der Waals surface area contributed by atoms with Gasteiger partial charge in [-0.1, -0.05) is 44.9 Å². The lowest BCUT2D eigenvalue weighted by molar-refractivity contribution is -0.119. The number of hydrogen-bond donors (Lipinski definition) is 3. The van der Waals surface area contributed by atoms with Crippen LogP contribution in [0.3, 0.4) is 0 Å². The smallest absolute Gasteiger partial charge is 0.315 e. The van der Waals surface area contributed by atoms with Crippen molar-refractivity contribution in [2.24, 2.45) is 17.8 Å². The SMILES string of the molecule is CS(=O)(=O)NC(=O)CCCCCCCCCCCNC(=O)NC12CC3CC(CC(C3)C1)C2. The number of rotatable bonds is 14. The van der Waals surface area contributed by atoms with Crippen LogP contribution in [-0.4, -0.2) is 38.7 Å². The molecule has 32 heavy (non-hydrogen) atoms. The molecule has 0 saturated heterocycles. The molecule has 3 amide bonds. The summed E-state index contributed by atoms with van der Waals surface area (Å²) >= 11 is 0. The van der Waals surface area contributed by atoms with Crippen LogP contribution in [0, 0.1) is 17.8 Å². The van der Waals surface area contributed by atoms with Gasteiger partial charge in [0, 0.05) is 18.5 Å². The topological polar surface area (TPSA) is 104 Å². The Labute approximate surface area is 194 Å². The highest BCUT2D eigenvalue weighted by Crippen LogP contribution is 2.55. The molecule has 0 atom stereocenters. The van der Waals surface area contributed by atoms with Gasteiger partial charge in [-0.25, -0.2) is 13.2 Å². The third-order valence-corrected chi connectivity index (χ3v) is 8.18. The molecule has 3 N–H and O–H groups in total. The first-order valence-electron chi connectivity index (χ1n) is 12.8. The summed E-state index contributed by atoms with van der Waals surface area (Å²) in [6.07, 6.45) is 18.7. The molecule has 0 aromatic heterocycles.